The van der Waals surface area contributed by atoms with Crippen molar-refractivity contribution in [2.24, 2.45) is 0 Å². The number of amides is 1. The van der Waals surface area contributed by atoms with Crippen LogP contribution in [-0.2, 0) is 4.79 Å². The molecule has 20 heavy (non-hydrogen) atoms. The number of rotatable bonds is 3. The van der Waals surface area contributed by atoms with Crippen molar-refractivity contribution >= 4 is 38.3 Å². The highest BCUT2D eigenvalue weighted by Crippen LogP contribution is 2.27. The Balaban J connectivity index is 1.71. The Morgan fingerprint density at radius 1 is 1.30 bits per heavy atom. The molecule has 1 aliphatic rings. The summed E-state index contributed by atoms with van der Waals surface area (Å²) in [6.07, 6.45) is 6.05. The molecule has 0 aliphatic heterocycles. The van der Waals surface area contributed by atoms with Crippen LogP contribution in [0.2, 0.25) is 0 Å². The maximum Gasteiger partial charge on any atom is 0.253 e. The number of allylic oxidation sites excluding steroid dienone is 3. The van der Waals surface area contributed by atoms with Gasteiger partial charge in [-0.1, -0.05) is 34.1 Å². The van der Waals surface area contributed by atoms with Gasteiger partial charge in [-0.3, -0.25) is 15.1 Å². The first-order chi connectivity index (χ1) is 9.72. The van der Waals surface area contributed by atoms with Crippen LogP contribution in [0.4, 0.5) is 5.13 Å². The lowest BCUT2D eigenvalue weighted by molar-refractivity contribution is -0.112. The van der Waals surface area contributed by atoms with Crippen molar-refractivity contribution in [3.8, 4) is 11.4 Å². The van der Waals surface area contributed by atoms with E-state index >= 15 is 0 Å². The van der Waals surface area contributed by atoms with E-state index in [1.165, 1.54) is 11.3 Å². The zero-order valence-electron chi connectivity index (χ0n) is 10.3. The average molecular weight is 348 g/mol. The Kier molecular flexibility index (Phi) is 3.75. The van der Waals surface area contributed by atoms with Crippen molar-refractivity contribution in [3.05, 3.63) is 52.0 Å². The lowest BCUT2D eigenvalue weighted by atomic mass is 10.2. The molecule has 6 heteroatoms. The van der Waals surface area contributed by atoms with Crippen molar-refractivity contribution in [1.82, 2.24) is 9.97 Å². The number of aromatic nitrogens is 2. The first-order valence-corrected chi connectivity index (χ1v) is 7.63. The van der Waals surface area contributed by atoms with Crippen LogP contribution in [0.5, 0.6) is 0 Å². The summed E-state index contributed by atoms with van der Waals surface area (Å²) in [6, 6.07) is 5.66. The van der Waals surface area contributed by atoms with Crippen molar-refractivity contribution < 1.29 is 4.79 Å². The fraction of sp³-hybridized carbons (Fsp3) is 0.0714. The third-order valence-electron chi connectivity index (χ3n) is 2.77. The normalized spacial score (nSPS) is 13.8. The molecule has 0 aromatic carbocycles. The summed E-state index contributed by atoms with van der Waals surface area (Å²) in [5.41, 5.74) is 2.30. The van der Waals surface area contributed by atoms with Crippen molar-refractivity contribution in [3.63, 3.8) is 0 Å². The van der Waals surface area contributed by atoms with Gasteiger partial charge in [-0.2, -0.15) is 0 Å². The molecule has 2 heterocycles. The molecule has 1 N–H and O–H groups in total. The maximum absolute atomic E-state index is 12.0. The number of hydrogen-bond acceptors (Lipinski definition) is 4. The molecule has 0 saturated heterocycles. The second-order valence-corrected chi connectivity index (χ2v) is 6.07. The summed E-state index contributed by atoms with van der Waals surface area (Å²) in [4.78, 5) is 20.6. The first-order valence-electron chi connectivity index (χ1n) is 5.96. The molecule has 1 amide bonds. The molecule has 0 bridgehead atoms. The highest BCUT2D eigenvalue weighted by atomic mass is 79.9. The van der Waals surface area contributed by atoms with Gasteiger partial charge in [-0.25, -0.2) is 4.98 Å². The fourth-order valence-electron chi connectivity index (χ4n) is 1.79. The van der Waals surface area contributed by atoms with Crippen LogP contribution in [0.3, 0.4) is 0 Å². The molecule has 0 fully saturated rings. The van der Waals surface area contributed by atoms with Crippen LogP contribution in [-0.4, -0.2) is 15.9 Å². The zero-order valence-corrected chi connectivity index (χ0v) is 12.7. The van der Waals surface area contributed by atoms with Crippen LogP contribution in [0.25, 0.3) is 11.4 Å². The zero-order chi connectivity index (χ0) is 13.9. The van der Waals surface area contributed by atoms with Gasteiger partial charge in [-0.15, -0.1) is 11.3 Å². The molecular weight excluding hydrogens is 338 g/mol. The highest BCUT2D eigenvalue weighted by Gasteiger charge is 2.16. The third-order valence-corrected chi connectivity index (χ3v) is 4.07. The van der Waals surface area contributed by atoms with E-state index in [1.54, 1.807) is 6.20 Å². The van der Waals surface area contributed by atoms with Crippen LogP contribution >= 0.6 is 27.3 Å². The van der Waals surface area contributed by atoms with Crippen LogP contribution in [0, 0.1) is 0 Å². The fourth-order valence-corrected chi connectivity index (χ4v) is 2.92. The van der Waals surface area contributed by atoms with E-state index in [9.17, 15) is 4.79 Å². The van der Waals surface area contributed by atoms with Crippen molar-refractivity contribution in [2.75, 3.05) is 5.32 Å². The van der Waals surface area contributed by atoms with Gasteiger partial charge in [0, 0.05) is 23.6 Å². The summed E-state index contributed by atoms with van der Waals surface area (Å²) in [5, 5.41) is 5.28. The maximum atomic E-state index is 12.0. The van der Waals surface area contributed by atoms with Crippen molar-refractivity contribution in [1.29, 1.82) is 0 Å². The predicted molar refractivity (Wildman–Crippen MR) is 83.7 cm³/mol. The smallest absolute Gasteiger partial charge is 0.253 e. The number of carbonyl (C=O) groups excluding carboxylic acids is 1. The number of hydrogen-bond donors (Lipinski definition) is 1. The molecule has 100 valence electrons. The van der Waals surface area contributed by atoms with Gasteiger partial charge in [0.2, 0.25) is 0 Å². The lowest BCUT2D eigenvalue weighted by Crippen LogP contribution is -2.13. The van der Waals surface area contributed by atoms with Crippen molar-refractivity contribution in [2.45, 2.75) is 6.42 Å². The molecule has 0 atom stereocenters. The Morgan fingerprint density at radius 3 is 2.90 bits per heavy atom. The predicted octanol–water partition coefficient (Wildman–Crippen LogP) is 3.75. The molecule has 2 aromatic heterocycles. The van der Waals surface area contributed by atoms with E-state index in [2.05, 4.69) is 31.2 Å². The van der Waals surface area contributed by atoms with Gasteiger partial charge < -0.3 is 0 Å². The van der Waals surface area contributed by atoms with E-state index in [4.69, 9.17) is 0 Å². The van der Waals surface area contributed by atoms with Gasteiger partial charge in [0.25, 0.3) is 5.91 Å². The topological polar surface area (TPSA) is 54.9 Å². The van der Waals surface area contributed by atoms with Crippen LogP contribution in [0.1, 0.15) is 6.42 Å². The monoisotopic (exact) mass is 347 g/mol. The quantitative estimate of drug-likeness (QED) is 0.919. The van der Waals surface area contributed by atoms with Gasteiger partial charge in [0.05, 0.1) is 5.69 Å². The van der Waals surface area contributed by atoms with E-state index < -0.39 is 0 Å². The number of thiazole rings is 1. The van der Waals surface area contributed by atoms with Gasteiger partial charge >= 0.3 is 0 Å². The minimum Gasteiger partial charge on any atom is -0.298 e. The number of carbonyl (C=O) groups is 1. The molecule has 0 saturated carbocycles. The largest absolute Gasteiger partial charge is 0.298 e. The summed E-state index contributed by atoms with van der Waals surface area (Å²) < 4.78 is 1.01. The molecule has 2 aromatic rings. The number of anilines is 1. The Labute approximate surface area is 128 Å². The van der Waals surface area contributed by atoms with Crippen LogP contribution in [0.15, 0.2) is 52.0 Å². The molecule has 0 radical (unpaired) electrons. The highest BCUT2D eigenvalue weighted by molar-refractivity contribution is 9.11. The van der Waals surface area contributed by atoms with E-state index in [1.807, 2.05) is 35.7 Å². The third kappa shape index (κ3) is 2.86. The van der Waals surface area contributed by atoms with E-state index in [0.717, 1.165) is 21.4 Å². The summed E-state index contributed by atoms with van der Waals surface area (Å²) in [5.74, 6) is -0.113. The lowest BCUT2D eigenvalue weighted by Gasteiger charge is -2.02. The Bertz CT molecular complexity index is 706. The van der Waals surface area contributed by atoms with Gasteiger partial charge in [0.15, 0.2) is 5.13 Å². The summed E-state index contributed by atoms with van der Waals surface area (Å²) in [6.45, 7) is 0. The molecule has 3 rings (SSSR count). The number of nitrogens with zero attached hydrogens (tertiary/aromatic N) is 2. The average Bonchev–Trinajstić information content (AvgIpc) is 3.09. The molecular formula is C14H10BrN3OS. The van der Waals surface area contributed by atoms with E-state index in [-0.39, 0.29) is 5.91 Å². The number of pyridine rings is 1. The molecule has 1 aliphatic carbocycles. The standard InChI is InChI=1S/C14H10BrN3OS/c15-10-5-4-9(7-10)13(19)18-14-17-12(8-20-14)11-3-1-2-6-16-11/h1-6,8H,7H2,(H,17,18,19). The minimum absolute atomic E-state index is 0.113. The second kappa shape index (κ2) is 5.68. The first kappa shape index (κ1) is 13.2. The molecule has 4 nitrogen and oxygen atoms in total. The van der Waals surface area contributed by atoms with Gasteiger partial charge in [-0.05, 0) is 16.6 Å². The number of nitrogens with one attached hydrogen (secondary N) is 1. The summed E-state index contributed by atoms with van der Waals surface area (Å²) >= 11 is 4.77. The summed E-state index contributed by atoms with van der Waals surface area (Å²) in [7, 11) is 0. The SMILES string of the molecule is O=C(Nc1nc(-c2ccccn2)cs1)C1=CC=C(Br)C1. The number of halogens is 1. The van der Waals surface area contributed by atoms with Gasteiger partial charge in [0.1, 0.15) is 5.69 Å². The molecule has 0 unspecified atom stereocenters. The van der Waals surface area contributed by atoms with Crippen LogP contribution < -0.4 is 5.32 Å². The Hall–Kier alpha value is -1.79. The minimum atomic E-state index is -0.113. The molecule has 0 spiro atoms. The van der Waals surface area contributed by atoms with E-state index in [0.29, 0.717) is 11.6 Å². The Morgan fingerprint density at radius 2 is 2.20 bits per heavy atom. The second-order valence-electron chi connectivity index (χ2n) is 4.19.